The Morgan fingerprint density at radius 1 is 1.27 bits per heavy atom. The van der Waals surface area contributed by atoms with Crippen LogP contribution in [0.25, 0.3) is 0 Å². The zero-order valence-electron chi connectivity index (χ0n) is 12.5. The first-order chi connectivity index (χ1) is 10.1. The Kier molecular flexibility index (Phi) is 2.40. The number of fused-ring (bicyclic) bond motifs is 2. The summed E-state index contributed by atoms with van der Waals surface area (Å²) in [5.74, 6) is -1.70. The van der Waals surface area contributed by atoms with Crippen molar-refractivity contribution in [3.63, 3.8) is 0 Å². The maximum atomic E-state index is 12.3. The molecule has 22 heavy (non-hydrogen) atoms. The minimum Gasteiger partial charge on any atom is -0.464 e. The second-order valence-electron chi connectivity index (χ2n) is 7.50. The number of ether oxygens (including phenoxy) is 2. The number of rotatable bonds is 0. The number of esters is 2. The van der Waals surface area contributed by atoms with E-state index in [1.165, 1.54) is 6.92 Å². The fourth-order valence-corrected chi connectivity index (χ4v) is 5.60. The fourth-order valence-electron chi connectivity index (χ4n) is 5.60. The highest BCUT2D eigenvalue weighted by Gasteiger charge is 2.87. The molecule has 2 aliphatic heterocycles. The third kappa shape index (κ3) is 1.07. The molecular weight excluding hydrogens is 292 g/mol. The minimum atomic E-state index is -1.74. The van der Waals surface area contributed by atoms with Gasteiger partial charge in [-0.15, -0.1) is 0 Å². The molecule has 2 bridgehead atoms. The van der Waals surface area contributed by atoms with E-state index in [9.17, 15) is 24.9 Å². The lowest BCUT2D eigenvalue weighted by Gasteiger charge is -2.68. The second-order valence-corrected chi connectivity index (χ2v) is 7.50. The van der Waals surface area contributed by atoms with Crippen molar-refractivity contribution in [1.29, 1.82) is 0 Å². The summed E-state index contributed by atoms with van der Waals surface area (Å²) < 4.78 is 10.1. The topological polar surface area (TPSA) is 113 Å². The van der Waals surface area contributed by atoms with Crippen LogP contribution in [0.3, 0.4) is 0 Å². The zero-order chi connectivity index (χ0) is 16.1. The molecule has 2 saturated carbocycles. The SMILES string of the molecule is C[C@@H]1CC[C@]2(O)C3(COC3=O)[C@@](C)(O)[C@@H]3C[C@@]12[C@@H](O)C(=O)O3. The van der Waals surface area contributed by atoms with Crippen molar-refractivity contribution >= 4 is 11.9 Å². The molecule has 2 saturated heterocycles. The number of hydrogen-bond donors (Lipinski definition) is 3. The molecule has 0 aromatic heterocycles. The van der Waals surface area contributed by atoms with Crippen LogP contribution in [0.4, 0.5) is 0 Å². The van der Waals surface area contributed by atoms with Crippen molar-refractivity contribution in [3.8, 4) is 0 Å². The van der Waals surface area contributed by atoms with Gasteiger partial charge in [-0.1, -0.05) is 6.92 Å². The quantitative estimate of drug-likeness (QED) is 0.498. The molecule has 4 fully saturated rings. The van der Waals surface area contributed by atoms with E-state index in [2.05, 4.69) is 0 Å². The molecule has 2 heterocycles. The van der Waals surface area contributed by atoms with Crippen molar-refractivity contribution < 1.29 is 34.4 Å². The van der Waals surface area contributed by atoms with Crippen molar-refractivity contribution in [3.05, 3.63) is 0 Å². The van der Waals surface area contributed by atoms with E-state index >= 15 is 0 Å². The average molecular weight is 312 g/mol. The van der Waals surface area contributed by atoms with Crippen molar-refractivity contribution in [2.45, 2.75) is 56.5 Å². The van der Waals surface area contributed by atoms with Gasteiger partial charge in [-0.05, 0) is 32.1 Å². The normalized spacial score (nSPS) is 59.6. The van der Waals surface area contributed by atoms with Crippen molar-refractivity contribution in [2.75, 3.05) is 6.61 Å². The first kappa shape index (κ1) is 14.4. The molecule has 7 atom stereocenters. The van der Waals surface area contributed by atoms with E-state index < -0.39 is 46.2 Å². The van der Waals surface area contributed by atoms with Crippen LogP contribution < -0.4 is 0 Å². The molecule has 0 amide bonds. The molecule has 122 valence electrons. The van der Waals surface area contributed by atoms with Crippen LogP contribution in [-0.4, -0.2) is 57.3 Å². The van der Waals surface area contributed by atoms with Gasteiger partial charge in [0.05, 0.1) is 5.60 Å². The number of cyclic esters (lactones) is 1. The summed E-state index contributed by atoms with van der Waals surface area (Å²) in [4.78, 5) is 24.4. The van der Waals surface area contributed by atoms with Crippen molar-refractivity contribution in [1.82, 2.24) is 0 Å². The summed E-state index contributed by atoms with van der Waals surface area (Å²) in [6.45, 7) is 3.13. The number of carbonyl (C=O) groups excluding carboxylic acids is 2. The van der Waals surface area contributed by atoms with Crippen LogP contribution >= 0.6 is 0 Å². The van der Waals surface area contributed by atoms with Gasteiger partial charge in [-0.3, -0.25) is 4.79 Å². The summed E-state index contributed by atoms with van der Waals surface area (Å²) >= 11 is 0. The fraction of sp³-hybridized carbons (Fsp3) is 0.867. The number of hydrogen-bond acceptors (Lipinski definition) is 7. The summed E-state index contributed by atoms with van der Waals surface area (Å²) in [5.41, 5.74) is -6.17. The minimum absolute atomic E-state index is 0.134. The van der Waals surface area contributed by atoms with Gasteiger partial charge in [0, 0.05) is 5.41 Å². The molecule has 1 unspecified atom stereocenters. The molecule has 2 aliphatic carbocycles. The van der Waals surface area contributed by atoms with Crippen LogP contribution in [0.15, 0.2) is 0 Å². The smallest absolute Gasteiger partial charge is 0.336 e. The van der Waals surface area contributed by atoms with E-state index in [-0.39, 0.29) is 25.4 Å². The maximum Gasteiger partial charge on any atom is 0.336 e. The summed E-state index contributed by atoms with van der Waals surface area (Å²) in [7, 11) is 0. The highest BCUT2D eigenvalue weighted by Crippen LogP contribution is 2.72. The predicted molar refractivity (Wildman–Crippen MR) is 70.3 cm³/mol. The van der Waals surface area contributed by atoms with Crippen LogP contribution in [0, 0.1) is 16.7 Å². The summed E-state index contributed by atoms with van der Waals surface area (Å²) in [6, 6.07) is 0. The average Bonchev–Trinajstić information content (AvgIpc) is 2.68. The molecule has 3 N–H and O–H groups in total. The van der Waals surface area contributed by atoms with E-state index in [1.54, 1.807) is 0 Å². The molecule has 2 spiro atoms. The Morgan fingerprint density at radius 2 is 1.95 bits per heavy atom. The Hall–Kier alpha value is -1.18. The highest BCUT2D eigenvalue weighted by molar-refractivity contribution is 5.88. The van der Waals surface area contributed by atoms with Gasteiger partial charge < -0.3 is 24.8 Å². The zero-order valence-corrected chi connectivity index (χ0v) is 12.5. The third-order valence-electron chi connectivity index (χ3n) is 7.05. The first-order valence-electron chi connectivity index (χ1n) is 7.66. The maximum absolute atomic E-state index is 12.3. The molecule has 0 radical (unpaired) electrons. The number of aliphatic hydroxyl groups excluding tert-OH is 1. The number of aliphatic hydroxyl groups is 3. The van der Waals surface area contributed by atoms with E-state index in [1.807, 2.05) is 6.92 Å². The molecule has 0 aromatic carbocycles. The van der Waals surface area contributed by atoms with Gasteiger partial charge in [0.15, 0.2) is 11.5 Å². The molecule has 0 aromatic rings. The van der Waals surface area contributed by atoms with E-state index in [0.717, 1.165) is 0 Å². The van der Waals surface area contributed by atoms with Gasteiger partial charge in [-0.2, -0.15) is 0 Å². The van der Waals surface area contributed by atoms with Gasteiger partial charge in [-0.25, -0.2) is 4.79 Å². The Morgan fingerprint density at radius 3 is 2.50 bits per heavy atom. The lowest BCUT2D eigenvalue weighted by atomic mass is 9.42. The molecular formula is C15H20O7. The number of carbonyl (C=O) groups is 2. The van der Waals surface area contributed by atoms with Gasteiger partial charge in [0.25, 0.3) is 0 Å². The van der Waals surface area contributed by atoms with Gasteiger partial charge >= 0.3 is 11.9 Å². The standard InChI is InChI=1S/C15H20O7/c1-7-3-4-15(20)13(7)5-8(22-10(17)9(13)16)12(2,19)14(15)6-21-11(14)18/h7-9,16,19-20H,3-6H2,1-2H3/t7-,8+,9+,12+,13+,14?,15-/m1/s1. The Labute approximate surface area is 127 Å². The molecule has 4 rings (SSSR count). The van der Waals surface area contributed by atoms with Crippen LogP contribution in [0.5, 0.6) is 0 Å². The second kappa shape index (κ2) is 3.66. The van der Waals surface area contributed by atoms with Crippen LogP contribution in [0.2, 0.25) is 0 Å². The van der Waals surface area contributed by atoms with Crippen LogP contribution in [0.1, 0.15) is 33.1 Å². The lowest BCUT2D eigenvalue weighted by Crippen LogP contribution is -2.86. The van der Waals surface area contributed by atoms with Crippen LogP contribution in [-0.2, 0) is 19.1 Å². The van der Waals surface area contributed by atoms with Crippen molar-refractivity contribution in [2.24, 2.45) is 16.7 Å². The van der Waals surface area contributed by atoms with Gasteiger partial charge in [0.2, 0.25) is 0 Å². The Bertz CT molecular complexity index is 586. The summed E-state index contributed by atoms with van der Waals surface area (Å²) in [6.07, 6.45) is -1.53. The molecule has 4 aliphatic rings. The van der Waals surface area contributed by atoms with Gasteiger partial charge in [0.1, 0.15) is 18.3 Å². The third-order valence-corrected chi connectivity index (χ3v) is 7.05. The largest absolute Gasteiger partial charge is 0.464 e. The molecule has 7 nitrogen and oxygen atoms in total. The highest BCUT2D eigenvalue weighted by atomic mass is 16.6. The van der Waals surface area contributed by atoms with E-state index in [4.69, 9.17) is 9.47 Å². The summed E-state index contributed by atoms with van der Waals surface area (Å²) in [5, 5.41) is 33.1. The first-order valence-corrected chi connectivity index (χ1v) is 7.66. The molecule has 7 heteroatoms. The Balaban J connectivity index is 2.01. The monoisotopic (exact) mass is 312 g/mol. The lowest BCUT2D eigenvalue weighted by molar-refractivity contribution is -0.359. The van der Waals surface area contributed by atoms with E-state index in [0.29, 0.717) is 6.42 Å². The predicted octanol–water partition coefficient (Wildman–Crippen LogP) is -0.882.